The molecule has 1 N–H and O–H groups in total. The van der Waals surface area contributed by atoms with Crippen LogP contribution < -0.4 is 25.6 Å². The third-order valence-corrected chi connectivity index (χ3v) is 10.00. The van der Waals surface area contributed by atoms with Gasteiger partial charge in [-0.1, -0.05) is 82.2 Å². The predicted octanol–water partition coefficient (Wildman–Crippen LogP) is 7.72. The minimum absolute atomic E-state index is 0. The van der Waals surface area contributed by atoms with Crippen LogP contribution in [0.1, 0.15) is 64.0 Å². The van der Waals surface area contributed by atoms with Crippen LogP contribution in [0.2, 0.25) is 0 Å². The second kappa shape index (κ2) is 16.8. The summed E-state index contributed by atoms with van der Waals surface area (Å²) in [6.07, 6.45) is 13.5. The van der Waals surface area contributed by atoms with Crippen LogP contribution in [-0.4, -0.2) is 26.3 Å². The van der Waals surface area contributed by atoms with Crippen molar-refractivity contribution in [1.82, 2.24) is 0 Å². The van der Waals surface area contributed by atoms with Gasteiger partial charge >= 0.3 is 0 Å². The number of nitrogens with zero attached hydrogens (tertiary/aromatic N) is 1. The van der Waals surface area contributed by atoms with Gasteiger partial charge < -0.3 is 21.2 Å². The fourth-order valence-corrected chi connectivity index (χ4v) is 8.14. The summed E-state index contributed by atoms with van der Waals surface area (Å²) in [5, 5.41) is 14.9. The molecule has 0 aliphatic heterocycles. The third kappa shape index (κ3) is 9.05. The average Bonchev–Trinajstić information content (AvgIpc) is 2.85. The van der Waals surface area contributed by atoms with Crippen molar-refractivity contribution >= 4 is 29.5 Å². The van der Waals surface area contributed by atoms with Gasteiger partial charge in [0.15, 0.2) is 11.5 Å². The van der Waals surface area contributed by atoms with Crippen LogP contribution in [0, 0.1) is 20.8 Å². The number of phenolic OH excluding ortho intramolecular Hbond substituents is 1. The van der Waals surface area contributed by atoms with Crippen LogP contribution in [0.3, 0.4) is 0 Å². The molecular weight excluding hydrogens is 556 g/mol. The van der Waals surface area contributed by atoms with Gasteiger partial charge in [-0.3, -0.25) is 0 Å². The first-order valence-electron chi connectivity index (χ1n) is 13.7. The topological polar surface area (TPSA) is 32.7 Å². The van der Waals surface area contributed by atoms with E-state index in [2.05, 4.69) is 108 Å². The van der Waals surface area contributed by atoms with E-state index in [1.165, 1.54) is 48.7 Å². The molecule has 1 aliphatic carbocycles. The van der Waals surface area contributed by atoms with Gasteiger partial charge in [-0.2, -0.15) is 12.8 Å². The monoisotopic (exact) mass is 604 g/mol. The number of benzene rings is 3. The summed E-state index contributed by atoms with van der Waals surface area (Å²) in [6.45, 7) is 8.58. The molecule has 0 fully saturated rings. The number of aromatic hydroxyl groups is 1. The summed E-state index contributed by atoms with van der Waals surface area (Å²) in [7, 11) is 4.31. The first-order valence-corrected chi connectivity index (χ1v) is 15.2. The largest absolute Gasteiger partial charge is 0.504 e. The Labute approximate surface area is 255 Å². The van der Waals surface area contributed by atoms with Crippen molar-refractivity contribution in [2.75, 3.05) is 26.1 Å². The Morgan fingerprint density at radius 2 is 1.52 bits per heavy atom. The summed E-state index contributed by atoms with van der Waals surface area (Å²) < 4.78 is 5.78. The fraction of sp³-hybridized carbons (Fsp3) is 0.371. The molecule has 0 saturated heterocycles. The Morgan fingerprint density at radius 1 is 0.875 bits per heavy atom. The number of phenols is 1. The zero-order chi connectivity index (χ0) is 27.7. The van der Waals surface area contributed by atoms with Crippen molar-refractivity contribution in [1.29, 1.82) is 0 Å². The maximum absolute atomic E-state index is 11.5. The van der Waals surface area contributed by atoms with Gasteiger partial charge in [-0.15, -0.1) is 0 Å². The number of para-hydroxylation sites is 2. The Hall–Kier alpha value is -2.41. The summed E-state index contributed by atoms with van der Waals surface area (Å²) in [6, 6.07) is 20.8. The normalized spacial score (nSPS) is 14.6. The first-order chi connectivity index (χ1) is 18.2. The molecule has 0 bridgehead atoms. The number of ether oxygens (including phenoxy) is 1. The summed E-state index contributed by atoms with van der Waals surface area (Å²) in [4.78, 5) is 2.16. The summed E-state index contributed by atoms with van der Waals surface area (Å²) in [5.74, 6) is 1.26. The second-order valence-corrected chi connectivity index (χ2v) is 13.5. The molecule has 4 rings (SSSR count). The van der Waals surface area contributed by atoms with Crippen molar-refractivity contribution < 1.29 is 26.3 Å². The Morgan fingerprint density at radius 3 is 2.20 bits per heavy atom. The van der Waals surface area contributed by atoms with Crippen LogP contribution in [0.4, 0.5) is 5.69 Å². The average molecular weight is 605 g/mol. The third-order valence-electron chi connectivity index (χ3n) is 6.96. The quantitative estimate of drug-likeness (QED) is 0.140. The smallest absolute Gasteiger partial charge is 0.162 e. The maximum Gasteiger partial charge on any atom is 0.162 e. The zero-order valence-electron chi connectivity index (χ0n) is 25.7. The van der Waals surface area contributed by atoms with Crippen molar-refractivity contribution in [3.63, 3.8) is 0 Å². The Bertz CT molecular complexity index is 1210. The summed E-state index contributed by atoms with van der Waals surface area (Å²) in [5.41, 5.74) is 3.22. The molecule has 3 aromatic rings. The minimum atomic E-state index is -1.55. The standard InChI is InChI=1S/C26H32NO2P.C8H13.CH3.Ni/c1-18-12-10-14-20(27(5)6)25(18)30(22-16-9-8-15-21(22)29-7)23-17-11-13-19(24(23)28)26(2,3)4;1-2-4-6-8-7-5-3-1;;/h8-17,28H,1-7H3;1-2,7H,3-6,8H2;1H3;/q;-1;+1;/p+1/b;2-1-;;. The summed E-state index contributed by atoms with van der Waals surface area (Å²) >= 11 is 0. The van der Waals surface area contributed by atoms with Crippen molar-refractivity contribution in [3.05, 3.63) is 97.8 Å². The number of methoxy groups -OCH3 is 1. The van der Waals surface area contributed by atoms with Gasteiger partial charge in [0.1, 0.15) is 23.8 Å². The van der Waals surface area contributed by atoms with Gasteiger partial charge in [0.05, 0.1) is 12.8 Å². The zero-order valence-corrected chi connectivity index (χ0v) is 27.6. The molecule has 0 radical (unpaired) electrons. The molecule has 0 amide bonds. The number of hydrogen-bond acceptors (Lipinski definition) is 3. The van der Waals surface area contributed by atoms with E-state index in [4.69, 9.17) is 4.74 Å². The number of hydrogen-bond donors (Lipinski definition) is 1. The molecule has 3 nitrogen and oxygen atoms in total. The molecule has 1 unspecified atom stereocenters. The molecule has 0 saturated carbocycles. The SMILES string of the molecule is C1=C\CCC[CH-]CC/1.COc1ccccc1[PH+](c1cccc(C(C)(C)C)c1O)c1c(C)cccc1N(C)C.[CH3+].[Ni]. The molecule has 1 atom stereocenters. The molecule has 0 aromatic heterocycles. The van der Waals surface area contributed by atoms with E-state index in [1.54, 1.807) is 7.11 Å². The van der Waals surface area contributed by atoms with E-state index in [9.17, 15) is 5.11 Å². The van der Waals surface area contributed by atoms with E-state index in [1.807, 2.05) is 18.2 Å². The van der Waals surface area contributed by atoms with Crippen LogP contribution in [0.15, 0.2) is 72.8 Å². The first kappa shape index (κ1) is 35.6. The van der Waals surface area contributed by atoms with Gasteiger partial charge in [0.2, 0.25) is 0 Å². The second-order valence-electron chi connectivity index (χ2n) is 11.2. The number of allylic oxidation sites excluding steroid dienone is 2. The van der Waals surface area contributed by atoms with Gasteiger partial charge in [0, 0.05) is 43.6 Å². The van der Waals surface area contributed by atoms with Crippen molar-refractivity contribution in [3.8, 4) is 11.5 Å². The molecule has 0 heterocycles. The van der Waals surface area contributed by atoms with E-state index in [-0.39, 0.29) is 29.3 Å². The molecule has 3 aromatic carbocycles. The van der Waals surface area contributed by atoms with Crippen molar-refractivity contribution in [2.45, 2.75) is 65.2 Å². The maximum atomic E-state index is 11.5. The molecule has 220 valence electrons. The van der Waals surface area contributed by atoms with E-state index in [0.29, 0.717) is 5.75 Å². The van der Waals surface area contributed by atoms with Crippen molar-refractivity contribution in [2.24, 2.45) is 0 Å². The van der Waals surface area contributed by atoms with Crippen LogP contribution in [0.5, 0.6) is 11.5 Å². The van der Waals surface area contributed by atoms with Crippen LogP contribution >= 0.6 is 7.92 Å². The molecule has 40 heavy (non-hydrogen) atoms. The van der Waals surface area contributed by atoms with Gasteiger partial charge in [-0.05, 0) is 48.6 Å². The molecule has 0 spiro atoms. The Kier molecular flexibility index (Phi) is 14.9. The molecule has 1 aliphatic rings. The van der Waals surface area contributed by atoms with Gasteiger partial charge in [0.25, 0.3) is 0 Å². The van der Waals surface area contributed by atoms with Gasteiger partial charge in [-0.25, -0.2) is 0 Å². The number of anilines is 1. The van der Waals surface area contributed by atoms with E-state index >= 15 is 0 Å². The molecular formula is C35H49NNiO2P+. The predicted molar refractivity (Wildman–Crippen MR) is 175 cm³/mol. The van der Waals surface area contributed by atoms with Crippen LogP contribution in [-0.2, 0) is 21.9 Å². The van der Waals surface area contributed by atoms with E-state index in [0.717, 1.165) is 21.9 Å². The number of aryl methyl sites for hydroxylation is 1. The fourth-order valence-electron chi connectivity index (χ4n) is 4.94. The van der Waals surface area contributed by atoms with E-state index < -0.39 is 7.92 Å². The molecule has 5 heteroatoms. The number of rotatable bonds is 5. The Balaban J connectivity index is 0.000000690. The van der Waals surface area contributed by atoms with Crippen LogP contribution in [0.25, 0.3) is 0 Å². The minimum Gasteiger partial charge on any atom is -0.504 e.